The summed E-state index contributed by atoms with van der Waals surface area (Å²) in [5.41, 5.74) is 0. The molecule has 0 bridgehead atoms. The van der Waals surface area contributed by atoms with Gasteiger partial charge in [-0.25, -0.2) is 0 Å². The Labute approximate surface area is 124 Å². The topological polar surface area (TPSA) is 41.6 Å². The average molecular weight is 295 g/mol. The van der Waals surface area contributed by atoms with E-state index in [1.54, 1.807) is 0 Å². The highest BCUT2D eigenvalue weighted by molar-refractivity contribution is 6.30. The van der Waals surface area contributed by atoms with Gasteiger partial charge in [0.15, 0.2) is 0 Å². The second kappa shape index (κ2) is 6.02. The van der Waals surface area contributed by atoms with Crippen molar-refractivity contribution >= 4 is 17.5 Å². The van der Waals surface area contributed by atoms with Crippen LogP contribution in [-0.4, -0.2) is 42.6 Å². The van der Waals surface area contributed by atoms with Crippen molar-refractivity contribution in [1.82, 2.24) is 10.2 Å². The van der Waals surface area contributed by atoms with Crippen LogP contribution in [0.4, 0.5) is 0 Å². The summed E-state index contributed by atoms with van der Waals surface area (Å²) >= 11 is 5.94. The van der Waals surface area contributed by atoms with Gasteiger partial charge in [-0.2, -0.15) is 0 Å². The highest BCUT2D eigenvalue weighted by atomic mass is 35.5. The van der Waals surface area contributed by atoms with Crippen molar-refractivity contribution in [3.05, 3.63) is 29.3 Å². The molecule has 1 atom stereocenters. The first kappa shape index (κ1) is 13.7. The first-order valence-electron chi connectivity index (χ1n) is 7.14. The fourth-order valence-electron chi connectivity index (χ4n) is 2.85. The van der Waals surface area contributed by atoms with Crippen LogP contribution in [0.15, 0.2) is 24.3 Å². The molecule has 3 rings (SSSR count). The second-order valence-electron chi connectivity index (χ2n) is 5.48. The van der Waals surface area contributed by atoms with Crippen molar-refractivity contribution in [2.75, 3.05) is 19.6 Å². The van der Waals surface area contributed by atoms with Gasteiger partial charge in [-0.3, -0.25) is 9.69 Å². The van der Waals surface area contributed by atoms with E-state index in [0.717, 1.165) is 38.2 Å². The maximum atomic E-state index is 11.3. The zero-order valence-corrected chi connectivity index (χ0v) is 12.1. The summed E-state index contributed by atoms with van der Waals surface area (Å²) in [6.45, 7) is 2.66. The Morgan fingerprint density at radius 3 is 2.95 bits per heavy atom. The van der Waals surface area contributed by atoms with Crippen LogP contribution in [0.1, 0.15) is 19.3 Å². The summed E-state index contributed by atoms with van der Waals surface area (Å²) in [7, 11) is 0. The summed E-state index contributed by atoms with van der Waals surface area (Å²) in [4.78, 5) is 13.7. The van der Waals surface area contributed by atoms with Gasteiger partial charge in [0.05, 0.1) is 0 Å². The molecule has 0 spiro atoms. The van der Waals surface area contributed by atoms with Gasteiger partial charge in [0.1, 0.15) is 11.9 Å². The lowest BCUT2D eigenvalue weighted by molar-refractivity contribution is -0.120. The first-order valence-corrected chi connectivity index (χ1v) is 7.51. The normalized spacial score (nSPS) is 24.6. The number of ether oxygens (including phenoxy) is 1. The molecule has 0 radical (unpaired) electrons. The number of benzene rings is 1. The van der Waals surface area contributed by atoms with Gasteiger partial charge in [0.25, 0.3) is 0 Å². The summed E-state index contributed by atoms with van der Waals surface area (Å²) in [5.74, 6) is 1.01. The predicted molar refractivity (Wildman–Crippen MR) is 78.1 cm³/mol. The first-order chi connectivity index (χ1) is 9.70. The van der Waals surface area contributed by atoms with E-state index >= 15 is 0 Å². The molecule has 108 valence electrons. The van der Waals surface area contributed by atoms with Crippen molar-refractivity contribution < 1.29 is 9.53 Å². The molecule has 1 N–H and O–H groups in total. The maximum absolute atomic E-state index is 11.3. The van der Waals surface area contributed by atoms with E-state index in [-0.39, 0.29) is 12.0 Å². The Kier molecular flexibility index (Phi) is 4.13. The lowest BCUT2D eigenvalue weighted by Gasteiger charge is -2.43. The van der Waals surface area contributed by atoms with Crippen LogP contribution in [-0.2, 0) is 4.79 Å². The summed E-state index contributed by atoms with van der Waals surface area (Å²) < 4.78 is 5.90. The monoisotopic (exact) mass is 294 g/mol. The standard InChI is InChI=1S/C15H19ClN2O2/c16-11-2-1-3-13(8-11)20-14-9-18(10-14)12-4-5-15(19)17-7-6-12/h1-3,8,12,14H,4-7,9-10H2,(H,17,19)/t12-/m0/s1. The number of halogens is 1. The third-order valence-corrected chi connectivity index (χ3v) is 4.23. The van der Waals surface area contributed by atoms with Crippen LogP contribution in [0.2, 0.25) is 5.02 Å². The summed E-state index contributed by atoms with van der Waals surface area (Å²) in [5, 5.41) is 3.62. The van der Waals surface area contributed by atoms with Gasteiger partial charge in [-0.15, -0.1) is 0 Å². The number of carbonyl (C=O) groups excluding carboxylic acids is 1. The molecule has 0 unspecified atom stereocenters. The molecule has 1 aromatic rings. The maximum Gasteiger partial charge on any atom is 0.220 e. The Bertz CT molecular complexity index is 489. The molecule has 20 heavy (non-hydrogen) atoms. The van der Waals surface area contributed by atoms with Gasteiger partial charge in [-0.1, -0.05) is 17.7 Å². The molecule has 2 aliphatic heterocycles. The van der Waals surface area contributed by atoms with Crippen LogP contribution >= 0.6 is 11.6 Å². The molecule has 5 heteroatoms. The largest absolute Gasteiger partial charge is 0.488 e. The van der Waals surface area contributed by atoms with E-state index in [2.05, 4.69) is 10.2 Å². The van der Waals surface area contributed by atoms with Crippen molar-refractivity contribution in [3.8, 4) is 5.75 Å². The van der Waals surface area contributed by atoms with Crippen LogP contribution in [0, 0.1) is 0 Å². The number of hydrogen-bond acceptors (Lipinski definition) is 3. The van der Waals surface area contributed by atoms with Crippen molar-refractivity contribution in [3.63, 3.8) is 0 Å². The number of rotatable bonds is 3. The fraction of sp³-hybridized carbons (Fsp3) is 0.533. The molecular formula is C15H19ClN2O2. The van der Waals surface area contributed by atoms with Gasteiger partial charge < -0.3 is 10.1 Å². The Morgan fingerprint density at radius 1 is 1.30 bits per heavy atom. The average Bonchev–Trinajstić information content (AvgIpc) is 2.58. The summed E-state index contributed by atoms with van der Waals surface area (Å²) in [6, 6.07) is 8.03. The predicted octanol–water partition coefficient (Wildman–Crippen LogP) is 2.07. The van der Waals surface area contributed by atoms with Crippen molar-refractivity contribution in [1.29, 1.82) is 0 Å². The number of carbonyl (C=O) groups is 1. The second-order valence-corrected chi connectivity index (χ2v) is 5.92. The molecule has 0 aromatic heterocycles. The summed E-state index contributed by atoms with van der Waals surface area (Å²) in [6.07, 6.45) is 2.87. The minimum absolute atomic E-state index is 0.180. The van der Waals surface area contributed by atoms with Crippen LogP contribution in [0.25, 0.3) is 0 Å². The van der Waals surface area contributed by atoms with Crippen molar-refractivity contribution in [2.24, 2.45) is 0 Å². The molecule has 2 heterocycles. The Balaban J connectivity index is 1.47. The van der Waals surface area contributed by atoms with Gasteiger partial charge in [0, 0.05) is 37.1 Å². The quantitative estimate of drug-likeness (QED) is 0.928. The number of amides is 1. The smallest absolute Gasteiger partial charge is 0.220 e. The molecule has 1 aromatic carbocycles. The molecule has 0 aliphatic carbocycles. The zero-order chi connectivity index (χ0) is 13.9. The van der Waals surface area contributed by atoms with E-state index in [4.69, 9.17) is 16.3 Å². The van der Waals surface area contributed by atoms with E-state index < -0.39 is 0 Å². The lowest BCUT2D eigenvalue weighted by atomic mass is 10.0. The lowest BCUT2D eigenvalue weighted by Crippen LogP contribution is -2.57. The molecule has 2 saturated heterocycles. The minimum Gasteiger partial charge on any atom is -0.488 e. The SMILES string of the molecule is O=C1CC[C@H](N2CC(Oc3cccc(Cl)c3)C2)CCN1. The minimum atomic E-state index is 0.180. The number of nitrogens with zero attached hydrogens (tertiary/aromatic N) is 1. The number of nitrogens with one attached hydrogen (secondary N) is 1. The van der Waals surface area contributed by atoms with E-state index in [1.165, 1.54) is 0 Å². The zero-order valence-electron chi connectivity index (χ0n) is 11.3. The molecule has 0 saturated carbocycles. The van der Waals surface area contributed by atoms with E-state index in [1.807, 2.05) is 24.3 Å². The molecule has 2 fully saturated rings. The number of likely N-dealkylation sites (tertiary alicyclic amines) is 1. The Morgan fingerprint density at radius 2 is 2.15 bits per heavy atom. The van der Waals surface area contributed by atoms with Gasteiger partial charge >= 0.3 is 0 Å². The highest BCUT2D eigenvalue weighted by Crippen LogP contribution is 2.25. The van der Waals surface area contributed by atoms with Crippen molar-refractivity contribution in [2.45, 2.75) is 31.4 Å². The fourth-order valence-corrected chi connectivity index (χ4v) is 3.03. The number of hydrogen-bond donors (Lipinski definition) is 1. The molecule has 1 amide bonds. The van der Waals surface area contributed by atoms with Gasteiger partial charge in [-0.05, 0) is 31.0 Å². The van der Waals surface area contributed by atoms with Gasteiger partial charge in [0.2, 0.25) is 5.91 Å². The third-order valence-electron chi connectivity index (χ3n) is 4.00. The van der Waals surface area contributed by atoms with E-state index in [9.17, 15) is 4.79 Å². The van der Waals surface area contributed by atoms with Crippen LogP contribution in [0.5, 0.6) is 5.75 Å². The molecular weight excluding hydrogens is 276 g/mol. The Hall–Kier alpha value is -1.26. The highest BCUT2D eigenvalue weighted by Gasteiger charge is 2.34. The molecule has 2 aliphatic rings. The van der Waals surface area contributed by atoms with Crippen LogP contribution < -0.4 is 10.1 Å². The van der Waals surface area contributed by atoms with E-state index in [0.29, 0.717) is 17.5 Å². The molecule has 4 nitrogen and oxygen atoms in total. The van der Waals surface area contributed by atoms with Crippen LogP contribution in [0.3, 0.4) is 0 Å². The third kappa shape index (κ3) is 3.25.